The van der Waals surface area contributed by atoms with Crippen molar-refractivity contribution in [1.29, 1.82) is 0 Å². The number of piperidine rings is 1. The Labute approximate surface area is 294 Å². The highest BCUT2D eigenvalue weighted by atomic mass is 32.2. The molecule has 2 aliphatic heterocycles. The molecule has 2 saturated carbocycles. The Bertz CT molecular complexity index is 1420. The molecule has 7 atom stereocenters. The van der Waals surface area contributed by atoms with Crippen molar-refractivity contribution in [3.8, 4) is 5.75 Å². The van der Waals surface area contributed by atoms with Crippen molar-refractivity contribution in [3.05, 3.63) is 29.3 Å². The number of likely N-dealkylation sites (tertiary alicyclic amines) is 2. The maximum atomic E-state index is 13.3. The quantitative estimate of drug-likeness (QED) is 0.217. The van der Waals surface area contributed by atoms with E-state index in [4.69, 9.17) is 9.47 Å². The lowest BCUT2D eigenvalue weighted by Gasteiger charge is -2.53. The largest absolute Gasteiger partial charge is 0.453 e. The lowest BCUT2D eigenvalue weighted by molar-refractivity contribution is -0.284. The molecule has 2 heterocycles. The van der Waals surface area contributed by atoms with Gasteiger partial charge in [0.2, 0.25) is 5.91 Å². The molecule has 13 heteroatoms. The van der Waals surface area contributed by atoms with Crippen molar-refractivity contribution in [2.45, 2.75) is 121 Å². The summed E-state index contributed by atoms with van der Waals surface area (Å²) in [5, 5.41) is 0. The lowest BCUT2D eigenvalue weighted by atomic mass is 9.52. The number of alkyl halides is 5. The van der Waals surface area contributed by atoms with Crippen LogP contribution in [0, 0.1) is 23.2 Å². The van der Waals surface area contributed by atoms with Crippen molar-refractivity contribution < 1.29 is 45.2 Å². The number of carbonyl (C=O) groups excluding carboxylic acids is 2. The number of hydrogen-bond donors (Lipinski definition) is 0. The van der Waals surface area contributed by atoms with Crippen LogP contribution < -0.4 is 4.74 Å². The molecule has 280 valence electrons. The van der Waals surface area contributed by atoms with Gasteiger partial charge in [-0.3, -0.25) is 9.00 Å². The van der Waals surface area contributed by atoms with Crippen LogP contribution in [0.1, 0.15) is 101 Å². The molecular formula is C37H51F5N2O5S. The number of amides is 2. The summed E-state index contributed by atoms with van der Waals surface area (Å²) >= 11 is 0. The molecule has 6 rings (SSSR count). The Kier molecular flexibility index (Phi) is 11.2. The SMILES string of the molecule is CO[C@H]1CC[C@H]2[C@@H]3[C@H](CCCS(=O)CCCC(F)(F)C(F)(F)F)Cc4cc(OC(=O)N5CCC(N6CCCC6=O)CC5)ccc4[C@H]3CC[C@]12C. The number of rotatable bonds is 11. The van der Waals surface area contributed by atoms with E-state index in [1.165, 1.54) is 5.56 Å². The Morgan fingerprint density at radius 1 is 1.02 bits per heavy atom. The molecular weight excluding hydrogens is 679 g/mol. The van der Waals surface area contributed by atoms with Crippen molar-refractivity contribution in [3.63, 3.8) is 0 Å². The van der Waals surface area contributed by atoms with E-state index in [1.54, 1.807) is 12.0 Å². The second-order valence-corrected chi connectivity index (χ2v) is 17.2. The molecule has 1 aromatic rings. The fourth-order valence-electron chi connectivity index (χ4n) is 10.2. The fourth-order valence-corrected chi connectivity index (χ4v) is 11.4. The van der Waals surface area contributed by atoms with Gasteiger partial charge < -0.3 is 19.3 Å². The summed E-state index contributed by atoms with van der Waals surface area (Å²) in [6, 6.07) is 6.19. The Hall–Kier alpha value is -2.28. The highest BCUT2D eigenvalue weighted by molar-refractivity contribution is 7.84. The van der Waals surface area contributed by atoms with Gasteiger partial charge in [-0.05, 0) is 123 Å². The van der Waals surface area contributed by atoms with Gasteiger partial charge in [0, 0.05) is 67.9 Å². The number of methoxy groups -OCH3 is 1. The lowest BCUT2D eigenvalue weighted by Crippen LogP contribution is -2.48. The molecule has 4 fully saturated rings. The van der Waals surface area contributed by atoms with Gasteiger partial charge in [-0.25, -0.2) is 4.79 Å². The zero-order valence-corrected chi connectivity index (χ0v) is 30.0. The van der Waals surface area contributed by atoms with Crippen molar-refractivity contribution in [2.24, 2.45) is 23.2 Å². The maximum absolute atomic E-state index is 13.3. The normalized spacial score (nSPS) is 30.9. The van der Waals surface area contributed by atoms with E-state index in [0.29, 0.717) is 49.4 Å². The molecule has 7 nitrogen and oxygen atoms in total. The number of carbonyl (C=O) groups is 2. The summed E-state index contributed by atoms with van der Waals surface area (Å²) in [6.45, 7) is 4.23. The van der Waals surface area contributed by atoms with Crippen LogP contribution in [0.4, 0.5) is 26.7 Å². The van der Waals surface area contributed by atoms with Crippen molar-refractivity contribution in [2.75, 3.05) is 38.2 Å². The van der Waals surface area contributed by atoms with Crippen LogP contribution in [0.15, 0.2) is 18.2 Å². The predicted molar refractivity (Wildman–Crippen MR) is 180 cm³/mol. The second kappa shape index (κ2) is 15.0. The molecule has 5 aliphatic rings. The van der Waals surface area contributed by atoms with E-state index >= 15 is 0 Å². The van der Waals surface area contributed by atoms with Gasteiger partial charge in [-0.2, -0.15) is 22.0 Å². The summed E-state index contributed by atoms with van der Waals surface area (Å²) < 4.78 is 88.9. The van der Waals surface area contributed by atoms with Crippen molar-refractivity contribution >= 4 is 22.8 Å². The zero-order valence-electron chi connectivity index (χ0n) is 29.2. The van der Waals surface area contributed by atoms with Crippen LogP contribution >= 0.6 is 0 Å². The average molecular weight is 731 g/mol. The number of ether oxygens (including phenoxy) is 2. The zero-order chi connectivity index (χ0) is 35.8. The molecule has 0 spiro atoms. The standard InChI is InChI=1S/C37H51F5N2O5S/c1-35-16-12-29-28-9-8-27(49-34(46)43-18-13-26(14-19-43)44-17-3-7-32(44)45)23-25(28)22-24(33(29)30(35)10-11-31(35)48-2)6-4-20-50(47)21-5-15-36(38,39)37(40,41)42/h8-9,23-24,26,29-31,33H,3-7,10-22H2,1-2H3/t24-,29-,30+,31+,33-,35+,50?/m1/s1. The monoisotopic (exact) mass is 730 g/mol. The van der Waals surface area contributed by atoms with Gasteiger partial charge in [0.1, 0.15) is 5.75 Å². The minimum absolute atomic E-state index is 0.0587. The molecule has 1 unspecified atom stereocenters. The summed E-state index contributed by atoms with van der Waals surface area (Å²) in [5.74, 6) is -2.55. The maximum Gasteiger partial charge on any atom is 0.453 e. The third kappa shape index (κ3) is 7.60. The van der Waals surface area contributed by atoms with Crippen LogP contribution in [-0.4, -0.2) is 88.5 Å². The summed E-state index contributed by atoms with van der Waals surface area (Å²) in [6.07, 6.45) is 1.67. The van der Waals surface area contributed by atoms with Gasteiger partial charge in [-0.15, -0.1) is 0 Å². The summed E-state index contributed by atoms with van der Waals surface area (Å²) in [4.78, 5) is 29.1. The number of fused-ring (bicyclic) bond motifs is 5. The molecule has 2 amide bonds. The van der Waals surface area contributed by atoms with Gasteiger partial charge >= 0.3 is 18.2 Å². The number of benzene rings is 1. The number of halogens is 5. The van der Waals surface area contributed by atoms with E-state index in [2.05, 4.69) is 13.0 Å². The number of nitrogens with zero attached hydrogens (tertiary/aromatic N) is 2. The molecule has 0 bridgehead atoms. The molecule has 0 radical (unpaired) electrons. The fraction of sp³-hybridized carbons (Fsp3) is 0.784. The minimum atomic E-state index is -5.59. The first kappa shape index (κ1) is 37.5. The molecule has 50 heavy (non-hydrogen) atoms. The molecule has 2 saturated heterocycles. The summed E-state index contributed by atoms with van der Waals surface area (Å²) in [7, 11) is 0.308. The smallest absolute Gasteiger partial charge is 0.410 e. The second-order valence-electron chi connectivity index (χ2n) is 15.5. The van der Waals surface area contributed by atoms with Crippen LogP contribution in [0.2, 0.25) is 0 Å². The van der Waals surface area contributed by atoms with Gasteiger partial charge in [-0.1, -0.05) is 13.0 Å². The Morgan fingerprint density at radius 3 is 2.44 bits per heavy atom. The van der Waals surface area contributed by atoms with Crippen molar-refractivity contribution in [1.82, 2.24) is 9.80 Å². The molecule has 0 aromatic heterocycles. The molecule has 1 aromatic carbocycles. The van der Waals surface area contributed by atoms with E-state index in [9.17, 15) is 35.8 Å². The van der Waals surface area contributed by atoms with Gasteiger partial charge in [0.05, 0.1) is 6.10 Å². The first-order valence-corrected chi connectivity index (χ1v) is 19.9. The summed E-state index contributed by atoms with van der Waals surface area (Å²) in [5.41, 5.74) is 2.50. The van der Waals surface area contributed by atoms with E-state index in [0.717, 1.165) is 69.9 Å². The minimum Gasteiger partial charge on any atom is -0.410 e. The third-order valence-corrected chi connectivity index (χ3v) is 14.3. The molecule has 3 aliphatic carbocycles. The number of hydrogen-bond acceptors (Lipinski definition) is 5. The predicted octanol–water partition coefficient (Wildman–Crippen LogP) is 7.88. The first-order valence-electron chi connectivity index (χ1n) is 18.4. The van der Waals surface area contributed by atoms with Crippen LogP contribution in [-0.2, 0) is 26.8 Å². The molecule has 0 N–H and O–H groups in total. The van der Waals surface area contributed by atoms with Gasteiger partial charge in [0.25, 0.3) is 0 Å². The van der Waals surface area contributed by atoms with E-state index in [1.807, 2.05) is 17.0 Å². The average Bonchev–Trinajstić information content (AvgIpc) is 3.66. The Morgan fingerprint density at radius 2 is 1.76 bits per heavy atom. The first-order chi connectivity index (χ1) is 23.7. The highest BCUT2D eigenvalue weighted by Crippen LogP contribution is 2.63. The van der Waals surface area contributed by atoms with Gasteiger partial charge in [0.15, 0.2) is 0 Å². The highest BCUT2D eigenvalue weighted by Gasteiger charge is 2.58. The third-order valence-electron chi connectivity index (χ3n) is 12.8. The van der Waals surface area contributed by atoms with Crippen LogP contribution in [0.25, 0.3) is 0 Å². The van der Waals surface area contributed by atoms with E-state index in [-0.39, 0.29) is 47.0 Å². The Balaban J connectivity index is 1.10. The van der Waals surface area contributed by atoms with Crippen LogP contribution in [0.5, 0.6) is 5.75 Å². The van der Waals surface area contributed by atoms with Crippen LogP contribution in [0.3, 0.4) is 0 Å². The topological polar surface area (TPSA) is 76.2 Å². The van der Waals surface area contributed by atoms with E-state index < -0.39 is 35.7 Å².